The van der Waals surface area contributed by atoms with Crippen LogP contribution >= 0.6 is 0 Å². The molecule has 1 aliphatic rings. The molecule has 0 radical (unpaired) electrons. The van der Waals surface area contributed by atoms with Gasteiger partial charge >= 0.3 is 0 Å². The number of rotatable bonds is 9. The number of nitrogens with zero attached hydrogens (tertiary/aromatic N) is 2. The van der Waals surface area contributed by atoms with Crippen molar-refractivity contribution < 1.29 is 14.6 Å². The molecule has 7 heteroatoms. The molecule has 1 atom stereocenters. The normalized spacial score (nSPS) is 17.6. The Morgan fingerprint density at radius 1 is 1.18 bits per heavy atom. The van der Waals surface area contributed by atoms with Gasteiger partial charge in [0.25, 0.3) is 0 Å². The number of ether oxygens (including phenoxy) is 2. The zero-order valence-corrected chi connectivity index (χ0v) is 17.9. The van der Waals surface area contributed by atoms with Gasteiger partial charge in [-0.05, 0) is 26.2 Å². The van der Waals surface area contributed by atoms with Gasteiger partial charge in [-0.1, -0.05) is 13.8 Å². The van der Waals surface area contributed by atoms with Gasteiger partial charge in [-0.25, -0.2) is 0 Å². The van der Waals surface area contributed by atoms with Crippen molar-refractivity contribution in [2.24, 2.45) is 4.99 Å². The van der Waals surface area contributed by atoms with Crippen LogP contribution in [0.3, 0.4) is 0 Å². The molecule has 0 aromatic heterocycles. The molecular weight excluding hydrogens is 356 g/mol. The second-order valence-electron chi connectivity index (χ2n) is 7.27. The van der Waals surface area contributed by atoms with Gasteiger partial charge in [-0.3, -0.25) is 4.99 Å². The highest BCUT2D eigenvalue weighted by Crippen LogP contribution is 2.30. The average Bonchev–Trinajstić information content (AvgIpc) is 3.20. The van der Waals surface area contributed by atoms with E-state index in [0.29, 0.717) is 19.4 Å². The van der Waals surface area contributed by atoms with E-state index in [1.54, 1.807) is 14.2 Å². The lowest BCUT2D eigenvalue weighted by molar-refractivity contribution is 0.0418. The fourth-order valence-corrected chi connectivity index (χ4v) is 3.30. The van der Waals surface area contributed by atoms with Crippen molar-refractivity contribution in [3.8, 4) is 11.5 Å². The number of anilines is 1. The van der Waals surface area contributed by atoms with Gasteiger partial charge in [-0.2, -0.15) is 0 Å². The molecule has 2 rings (SSSR count). The Hall–Kier alpha value is -2.15. The minimum absolute atomic E-state index is 0.284. The van der Waals surface area contributed by atoms with Crippen molar-refractivity contribution in [2.75, 3.05) is 45.3 Å². The highest BCUT2D eigenvalue weighted by Gasteiger charge is 2.25. The van der Waals surface area contributed by atoms with Crippen LogP contribution in [0.15, 0.2) is 23.2 Å². The smallest absolute Gasteiger partial charge is 0.191 e. The second-order valence-corrected chi connectivity index (χ2v) is 7.27. The highest BCUT2D eigenvalue weighted by molar-refractivity contribution is 5.80. The Morgan fingerprint density at radius 3 is 2.36 bits per heavy atom. The third-order valence-electron chi connectivity index (χ3n) is 5.42. The first-order chi connectivity index (χ1) is 13.5. The van der Waals surface area contributed by atoms with E-state index in [-0.39, 0.29) is 6.04 Å². The Balaban J connectivity index is 2.03. The molecule has 1 saturated heterocycles. The zero-order chi connectivity index (χ0) is 20.6. The van der Waals surface area contributed by atoms with E-state index in [2.05, 4.69) is 20.5 Å². The zero-order valence-electron chi connectivity index (χ0n) is 17.9. The molecule has 7 nitrogen and oxygen atoms in total. The van der Waals surface area contributed by atoms with Crippen molar-refractivity contribution in [1.29, 1.82) is 0 Å². The van der Waals surface area contributed by atoms with Crippen molar-refractivity contribution in [3.05, 3.63) is 18.2 Å². The molecule has 0 saturated carbocycles. The van der Waals surface area contributed by atoms with Gasteiger partial charge in [0.15, 0.2) is 5.96 Å². The van der Waals surface area contributed by atoms with E-state index >= 15 is 0 Å². The summed E-state index contributed by atoms with van der Waals surface area (Å²) in [4.78, 5) is 6.95. The molecule has 1 heterocycles. The van der Waals surface area contributed by atoms with Crippen molar-refractivity contribution >= 4 is 11.6 Å². The third-order valence-corrected chi connectivity index (χ3v) is 5.42. The predicted octanol–water partition coefficient (Wildman–Crippen LogP) is 2.39. The minimum atomic E-state index is -0.735. The molecule has 28 heavy (non-hydrogen) atoms. The van der Waals surface area contributed by atoms with Gasteiger partial charge in [-0.15, -0.1) is 0 Å². The van der Waals surface area contributed by atoms with Crippen LogP contribution in [0.5, 0.6) is 11.5 Å². The number of aliphatic imine (C=N–C) groups is 1. The Morgan fingerprint density at radius 2 is 1.82 bits per heavy atom. The molecule has 158 valence electrons. The van der Waals surface area contributed by atoms with Crippen LogP contribution in [0.1, 0.15) is 40.0 Å². The number of aliphatic hydroxyl groups is 1. The number of hydrogen-bond acceptors (Lipinski definition) is 5. The minimum Gasteiger partial charge on any atom is -0.497 e. The molecule has 3 N–H and O–H groups in total. The quantitative estimate of drug-likeness (QED) is 0.442. The van der Waals surface area contributed by atoms with Crippen LogP contribution in [-0.2, 0) is 0 Å². The van der Waals surface area contributed by atoms with Crippen molar-refractivity contribution in [2.45, 2.75) is 51.7 Å². The van der Waals surface area contributed by atoms with Crippen LogP contribution in [0, 0.1) is 0 Å². The van der Waals surface area contributed by atoms with Crippen LogP contribution in [-0.4, -0.2) is 63.1 Å². The Kier molecular flexibility index (Phi) is 8.23. The molecule has 1 fully saturated rings. The molecule has 0 amide bonds. The van der Waals surface area contributed by atoms with Crippen molar-refractivity contribution in [1.82, 2.24) is 10.6 Å². The number of nitrogens with one attached hydrogen (secondary N) is 2. The molecule has 0 spiro atoms. The van der Waals surface area contributed by atoms with E-state index in [1.807, 2.05) is 39.0 Å². The SMILES string of the molecule is CCNC(=NCC(O)(CC)CC)NC1CCN(c2cc(OC)cc(OC)c2)C1. The molecule has 0 bridgehead atoms. The molecule has 0 aliphatic carbocycles. The summed E-state index contributed by atoms with van der Waals surface area (Å²) in [6.45, 7) is 9.04. The number of methoxy groups -OCH3 is 2. The maximum atomic E-state index is 10.5. The summed E-state index contributed by atoms with van der Waals surface area (Å²) < 4.78 is 10.8. The van der Waals surface area contributed by atoms with Gasteiger partial charge in [0.2, 0.25) is 0 Å². The van der Waals surface area contributed by atoms with Crippen LogP contribution in [0.2, 0.25) is 0 Å². The molecule has 1 aromatic carbocycles. The average molecular weight is 393 g/mol. The lowest BCUT2D eigenvalue weighted by Gasteiger charge is -2.24. The number of hydrogen-bond donors (Lipinski definition) is 3. The summed E-state index contributed by atoms with van der Waals surface area (Å²) in [5.41, 5.74) is 0.357. The standard InChI is InChI=1S/C21H36N4O3/c1-6-21(26,7-2)15-23-20(22-8-3)24-16-9-10-25(14-16)17-11-18(27-4)13-19(12-17)28-5/h11-13,16,26H,6-10,14-15H2,1-5H3,(H2,22,23,24). The second kappa shape index (κ2) is 10.4. The lowest BCUT2D eigenvalue weighted by Crippen LogP contribution is -2.45. The summed E-state index contributed by atoms with van der Waals surface area (Å²) in [7, 11) is 3.33. The van der Waals surface area contributed by atoms with E-state index in [4.69, 9.17) is 9.47 Å². The molecule has 1 unspecified atom stereocenters. The first-order valence-corrected chi connectivity index (χ1v) is 10.2. The van der Waals surface area contributed by atoms with Gasteiger partial charge in [0, 0.05) is 49.6 Å². The van der Waals surface area contributed by atoms with E-state index in [9.17, 15) is 5.11 Å². The molecule has 1 aliphatic heterocycles. The summed E-state index contributed by atoms with van der Waals surface area (Å²) in [5.74, 6) is 2.34. The third kappa shape index (κ3) is 5.92. The Labute approximate surface area is 169 Å². The maximum absolute atomic E-state index is 10.5. The predicted molar refractivity (Wildman–Crippen MR) is 115 cm³/mol. The highest BCUT2D eigenvalue weighted by atomic mass is 16.5. The molecular formula is C21H36N4O3. The van der Waals surface area contributed by atoms with Gasteiger partial charge in [0.05, 0.1) is 26.4 Å². The largest absolute Gasteiger partial charge is 0.497 e. The first-order valence-electron chi connectivity index (χ1n) is 10.2. The lowest BCUT2D eigenvalue weighted by atomic mass is 9.98. The van der Waals surface area contributed by atoms with E-state index < -0.39 is 5.60 Å². The summed E-state index contributed by atoms with van der Waals surface area (Å²) in [6.07, 6.45) is 2.40. The van der Waals surface area contributed by atoms with Gasteiger partial charge < -0.3 is 30.1 Å². The fourth-order valence-electron chi connectivity index (χ4n) is 3.30. The maximum Gasteiger partial charge on any atom is 0.191 e. The number of guanidine groups is 1. The summed E-state index contributed by atoms with van der Waals surface area (Å²) >= 11 is 0. The van der Waals surface area contributed by atoms with Crippen LogP contribution in [0.4, 0.5) is 5.69 Å². The number of benzene rings is 1. The van der Waals surface area contributed by atoms with E-state index in [0.717, 1.165) is 49.2 Å². The topological polar surface area (TPSA) is 78.4 Å². The summed E-state index contributed by atoms with van der Waals surface area (Å²) in [5, 5.41) is 17.3. The van der Waals surface area contributed by atoms with Gasteiger partial charge in [0.1, 0.15) is 11.5 Å². The van der Waals surface area contributed by atoms with Crippen molar-refractivity contribution in [3.63, 3.8) is 0 Å². The van der Waals surface area contributed by atoms with E-state index in [1.165, 1.54) is 0 Å². The first kappa shape index (κ1) is 22.1. The summed E-state index contributed by atoms with van der Waals surface area (Å²) in [6, 6.07) is 6.24. The van der Waals surface area contributed by atoms with Crippen LogP contribution < -0.4 is 25.0 Å². The monoisotopic (exact) mass is 392 g/mol. The molecule has 1 aromatic rings. The van der Waals surface area contributed by atoms with Crippen LogP contribution in [0.25, 0.3) is 0 Å². The fraction of sp³-hybridized carbons (Fsp3) is 0.667. The Bertz CT molecular complexity index is 624.